The van der Waals surface area contributed by atoms with Crippen molar-refractivity contribution in [2.75, 3.05) is 0 Å². The Labute approximate surface area is 154 Å². The van der Waals surface area contributed by atoms with E-state index in [1.807, 2.05) is 60.1 Å². The maximum absolute atomic E-state index is 12.3. The number of aromatic nitrogens is 2. The first-order chi connectivity index (χ1) is 12.8. The minimum Gasteiger partial charge on any atom is -0.355 e. The quantitative estimate of drug-likeness (QED) is 0.572. The molecule has 4 aromatic rings. The van der Waals surface area contributed by atoms with E-state index in [1.165, 1.54) is 0 Å². The standard InChI is InChI=1S/C20H15N3O2S/c24-20(17-10-18(25-23-17)15-5-2-1-3-6-15)22-12-14-9-16(13-21-11-14)19-7-4-8-26-19/h1-11,13H,12H2,(H,22,24). The van der Waals surface area contributed by atoms with Gasteiger partial charge in [0.25, 0.3) is 5.91 Å². The number of nitrogens with one attached hydrogen (secondary N) is 1. The number of thiophene rings is 1. The van der Waals surface area contributed by atoms with E-state index in [-0.39, 0.29) is 11.6 Å². The van der Waals surface area contributed by atoms with Gasteiger partial charge in [0.05, 0.1) is 0 Å². The van der Waals surface area contributed by atoms with Gasteiger partial charge in [-0.2, -0.15) is 0 Å². The zero-order valence-electron chi connectivity index (χ0n) is 13.8. The van der Waals surface area contributed by atoms with Gasteiger partial charge in [0.2, 0.25) is 0 Å². The van der Waals surface area contributed by atoms with Crippen LogP contribution in [0.2, 0.25) is 0 Å². The number of carbonyl (C=O) groups is 1. The molecule has 1 amide bonds. The molecular formula is C20H15N3O2S. The van der Waals surface area contributed by atoms with Crippen molar-refractivity contribution in [1.29, 1.82) is 0 Å². The van der Waals surface area contributed by atoms with E-state index in [9.17, 15) is 4.79 Å². The van der Waals surface area contributed by atoms with Crippen LogP contribution in [-0.4, -0.2) is 16.0 Å². The van der Waals surface area contributed by atoms with Gasteiger partial charge in [-0.25, -0.2) is 0 Å². The van der Waals surface area contributed by atoms with Crippen molar-refractivity contribution in [2.24, 2.45) is 0 Å². The number of carbonyl (C=O) groups excluding carboxylic acids is 1. The molecular weight excluding hydrogens is 346 g/mol. The maximum Gasteiger partial charge on any atom is 0.273 e. The van der Waals surface area contributed by atoms with Gasteiger partial charge in [-0.3, -0.25) is 9.78 Å². The maximum atomic E-state index is 12.3. The molecule has 1 aromatic carbocycles. The average Bonchev–Trinajstić information content (AvgIpc) is 3.39. The van der Waals surface area contributed by atoms with Crippen molar-refractivity contribution in [1.82, 2.24) is 15.5 Å². The molecule has 0 unspecified atom stereocenters. The molecule has 3 heterocycles. The molecule has 0 aliphatic rings. The number of rotatable bonds is 5. The zero-order valence-corrected chi connectivity index (χ0v) is 14.6. The Hall–Kier alpha value is -3.25. The summed E-state index contributed by atoms with van der Waals surface area (Å²) < 4.78 is 5.27. The van der Waals surface area contributed by atoms with Crippen LogP contribution in [0, 0.1) is 0 Å². The van der Waals surface area contributed by atoms with Gasteiger partial charge < -0.3 is 9.84 Å². The Kier molecular flexibility index (Phi) is 4.57. The number of hydrogen-bond acceptors (Lipinski definition) is 5. The molecule has 5 nitrogen and oxygen atoms in total. The van der Waals surface area contributed by atoms with Gasteiger partial charge in [-0.1, -0.05) is 41.6 Å². The second-order valence-electron chi connectivity index (χ2n) is 5.68. The van der Waals surface area contributed by atoms with Gasteiger partial charge in [0.15, 0.2) is 11.5 Å². The normalized spacial score (nSPS) is 10.6. The third-order valence-electron chi connectivity index (χ3n) is 3.85. The minimum atomic E-state index is -0.280. The molecule has 0 saturated heterocycles. The highest BCUT2D eigenvalue weighted by molar-refractivity contribution is 7.13. The summed E-state index contributed by atoms with van der Waals surface area (Å²) in [6.07, 6.45) is 3.57. The van der Waals surface area contributed by atoms with Crippen molar-refractivity contribution in [3.63, 3.8) is 0 Å². The van der Waals surface area contributed by atoms with E-state index >= 15 is 0 Å². The Balaban J connectivity index is 1.43. The molecule has 0 radical (unpaired) electrons. The highest BCUT2D eigenvalue weighted by atomic mass is 32.1. The fourth-order valence-corrected chi connectivity index (χ4v) is 3.26. The lowest BCUT2D eigenvalue weighted by Gasteiger charge is -2.04. The van der Waals surface area contributed by atoms with Crippen LogP contribution in [0.1, 0.15) is 16.1 Å². The van der Waals surface area contributed by atoms with Gasteiger partial charge >= 0.3 is 0 Å². The Morgan fingerprint density at radius 1 is 1.04 bits per heavy atom. The van der Waals surface area contributed by atoms with Gasteiger partial charge in [-0.15, -0.1) is 11.3 Å². The molecule has 0 aliphatic heterocycles. The molecule has 1 N–H and O–H groups in total. The van der Waals surface area contributed by atoms with Crippen LogP contribution in [0.5, 0.6) is 0 Å². The van der Waals surface area contributed by atoms with Gasteiger partial charge in [-0.05, 0) is 23.1 Å². The Morgan fingerprint density at radius 2 is 1.92 bits per heavy atom. The summed E-state index contributed by atoms with van der Waals surface area (Å²) in [6, 6.07) is 17.3. The number of nitrogens with zero attached hydrogens (tertiary/aromatic N) is 2. The summed E-state index contributed by atoms with van der Waals surface area (Å²) in [7, 11) is 0. The van der Waals surface area contributed by atoms with Crippen LogP contribution in [0.3, 0.4) is 0 Å². The average molecular weight is 361 g/mol. The van der Waals surface area contributed by atoms with Crippen molar-refractivity contribution < 1.29 is 9.32 Å². The van der Waals surface area contributed by atoms with Crippen LogP contribution in [0.25, 0.3) is 21.8 Å². The molecule has 3 aromatic heterocycles. The fourth-order valence-electron chi connectivity index (χ4n) is 2.56. The summed E-state index contributed by atoms with van der Waals surface area (Å²) in [5.41, 5.74) is 3.11. The number of pyridine rings is 1. The second kappa shape index (κ2) is 7.33. The molecule has 4 rings (SSSR count). The lowest BCUT2D eigenvalue weighted by molar-refractivity contribution is 0.0942. The fraction of sp³-hybridized carbons (Fsp3) is 0.0500. The van der Waals surface area contributed by atoms with Crippen LogP contribution in [-0.2, 0) is 6.54 Å². The minimum absolute atomic E-state index is 0.256. The molecule has 128 valence electrons. The molecule has 26 heavy (non-hydrogen) atoms. The molecule has 0 aliphatic carbocycles. The first-order valence-electron chi connectivity index (χ1n) is 8.08. The van der Waals surface area contributed by atoms with E-state index in [0.29, 0.717) is 12.3 Å². The summed E-state index contributed by atoms with van der Waals surface area (Å²) in [5.74, 6) is 0.287. The zero-order chi connectivity index (χ0) is 17.8. The van der Waals surface area contributed by atoms with E-state index in [2.05, 4.69) is 15.5 Å². The lowest BCUT2D eigenvalue weighted by atomic mass is 10.1. The predicted octanol–water partition coefficient (Wildman–Crippen LogP) is 4.40. The smallest absolute Gasteiger partial charge is 0.273 e. The molecule has 0 saturated carbocycles. The van der Waals surface area contributed by atoms with Crippen molar-refractivity contribution in [2.45, 2.75) is 6.54 Å². The number of amides is 1. The lowest BCUT2D eigenvalue weighted by Crippen LogP contribution is -2.23. The van der Waals surface area contributed by atoms with Crippen LogP contribution < -0.4 is 5.32 Å². The molecule has 0 fully saturated rings. The first-order valence-corrected chi connectivity index (χ1v) is 8.96. The van der Waals surface area contributed by atoms with E-state index < -0.39 is 0 Å². The molecule has 0 atom stereocenters. The first kappa shape index (κ1) is 16.2. The van der Waals surface area contributed by atoms with Crippen molar-refractivity contribution in [3.05, 3.63) is 83.6 Å². The summed E-state index contributed by atoms with van der Waals surface area (Å²) in [6.45, 7) is 0.374. The van der Waals surface area contributed by atoms with Crippen LogP contribution in [0.4, 0.5) is 0 Å². The van der Waals surface area contributed by atoms with E-state index in [1.54, 1.807) is 23.6 Å². The molecule has 0 spiro atoms. The molecule has 6 heteroatoms. The number of hydrogen-bond donors (Lipinski definition) is 1. The summed E-state index contributed by atoms with van der Waals surface area (Å²) >= 11 is 1.66. The largest absolute Gasteiger partial charge is 0.355 e. The molecule has 0 bridgehead atoms. The third-order valence-corrected chi connectivity index (χ3v) is 4.77. The highest BCUT2D eigenvalue weighted by Crippen LogP contribution is 2.24. The van der Waals surface area contributed by atoms with E-state index in [4.69, 9.17) is 4.52 Å². The topological polar surface area (TPSA) is 68.0 Å². The van der Waals surface area contributed by atoms with Gasteiger partial charge in [0.1, 0.15) is 0 Å². The van der Waals surface area contributed by atoms with Crippen LogP contribution >= 0.6 is 11.3 Å². The monoisotopic (exact) mass is 361 g/mol. The van der Waals surface area contributed by atoms with Gasteiger partial charge in [0, 0.05) is 41.0 Å². The third kappa shape index (κ3) is 3.55. The highest BCUT2D eigenvalue weighted by Gasteiger charge is 2.13. The summed E-state index contributed by atoms with van der Waals surface area (Å²) in [4.78, 5) is 17.7. The van der Waals surface area contributed by atoms with E-state index in [0.717, 1.165) is 21.6 Å². The SMILES string of the molecule is O=C(NCc1cncc(-c2cccs2)c1)c1cc(-c2ccccc2)on1. The summed E-state index contributed by atoms with van der Waals surface area (Å²) in [5, 5.41) is 8.74. The predicted molar refractivity (Wildman–Crippen MR) is 101 cm³/mol. The second-order valence-corrected chi connectivity index (χ2v) is 6.63. The Bertz CT molecular complexity index is 1010. The van der Waals surface area contributed by atoms with Crippen molar-refractivity contribution in [3.8, 4) is 21.8 Å². The number of benzene rings is 1. The van der Waals surface area contributed by atoms with Crippen molar-refractivity contribution >= 4 is 17.2 Å². The van der Waals surface area contributed by atoms with Crippen LogP contribution in [0.15, 0.2) is 76.9 Å². The Morgan fingerprint density at radius 3 is 2.73 bits per heavy atom.